The van der Waals surface area contributed by atoms with Gasteiger partial charge < -0.3 is 24.5 Å². The molecule has 1 heterocycles. The van der Waals surface area contributed by atoms with Crippen molar-refractivity contribution in [2.45, 2.75) is 25.3 Å². The Kier molecular flexibility index (Phi) is 6.78. The number of methoxy groups -OCH3 is 2. The lowest BCUT2D eigenvalue weighted by atomic mass is 9.87. The summed E-state index contributed by atoms with van der Waals surface area (Å²) in [7, 11) is 3.02. The smallest absolute Gasteiger partial charge is 0.268 e. The maximum Gasteiger partial charge on any atom is 0.268 e. The lowest BCUT2D eigenvalue weighted by Gasteiger charge is -2.26. The molecule has 0 radical (unpaired) electrons. The Balaban J connectivity index is 1.57. The van der Waals surface area contributed by atoms with Gasteiger partial charge in [0.15, 0.2) is 11.5 Å². The van der Waals surface area contributed by atoms with Crippen molar-refractivity contribution in [2.75, 3.05) is 14.2 Å². The quantitative estimate of drug-likeness (QED) is 0.530. The minimum absolute atomic E-state index is 0.0905. The van der Waals surface area contributed by atoms with Gasteiger partial charge in [0.2, 0.25) is 0 Å². The van der Waals surface area contributed by atoms with Gasteiger partial charge in [-0.15, -0.1) is 0 Å². The monoisotopic (exact) mass is 446 g/mol. The van der Waals surface area contributed by atoms with E-state index in [1.807, 2.05) is 18.2 Å². The third-order valence-corrected chi connectivity index (χ3v) is 5.64. The van der Waals surface area contributed by atoms with Crippen molar-refractivity contribution in [1.29, 1.82) is 0 Å². The van der Waals surface area contributed by atoms with Crippen LogP contribution in [0.2, 0.25) is 0 Å². The molecular weight excluding hydrogens is 420 g/mol. The van der Waals surface area contributed by atoms with Gasteiger partial charge in [0.25, 0.3) is 11.8 Å². The summed E-state index contributed by atoms with van der Waals surface area (Å²) in [4.78, 5) is 26.2. The number of aryl methyl sites for hydroxylation is 1. The summed E-state index contributed by atoms with van der Waals surface area (Å²) in [6.07, 6.45) is 5.84. The third kappa shape index (κ3) is 5.09. The predicted octanol–water partition coefficient (Wildman–Crippen LogP) is 4.26. The summed E-state index contributed by atoms with van der Waals surface area (Å²) >= 11 is 0. The Hall–Kier alpha value is -4.00. The molecule has 1 aromatic heterocycles. The molecule has 33 heavy (non-hydrogen) atoms. The summed E-state index contributed by atoms with van der Waals surface area (Å²) in [6.45, 7) is 0. The number of nitrogens with one attached hydrogen (secondary N) is 2. The topological polar surface area (TPSA) is 89.8 Å². The Labute approximate surface area is 192 Å². The van der Waals surface area contributed by atoms with Gasteiger partial charge in [0, 0.05) is 11.6 Å². The zero-order chi connectivity index (χ0) is 23.2. The first-order chi connectivity index (χ1) is 16.1. The van der Waals surface area contributed by atoms with E-state index in [-0.39, 0.29) is 17.6 Å². The fourth-order valence-electron chi connectivity index (χ4n) is 3.99. The van der Waals surface area contributed by atoms with Gasteiger partial charge in [-0.2, -0.15) is 0 Å². The molecule has 2 aromatic carbocycles. The van der Waals surface area contributed by atoms with Gasteiger partial charge in [-0.1, -0.05) is 24.3 Å². The van der Waals surface area contributed by atoms with E-state index in [4.69, 9.17) is 13.9 Å². The number of hydrogen-bond donors (Lipinski definition) is 2. The molecule has 1 aliphatic rings. The SMILES string of the molecule is COc1ccc(C(=O)N/C(=C\c2ccco2)C(=O)NC2CCCc3ccccc32)cc1OC. The van der Waals surface area contributed by atoms with Crippen LogP contribution in [-0.4, -0.2) is 26.0 Å². The Bertz CT molecular complexity index is 1170. The van der Waals surface area contributed by atoms with E-state index in [1.165, 1.54) is 32.1 Å². The molecular formula is C26H26N2O5. The zero-order valence-corrected chi connectivity index (χ0v) is 18.6. The minimum Gasteiger partial charge on any atom is -0.493 e. The highest BCUT2D eigenvalue weighted by Gasteiger charge is 2.24. The van der Waals surface area contributed by atoms with Gasteiger partial charge in [-0.3, -0.25) is 9.59 Å². The number of fused-ring (bicyclic) bond motifs is 1. The average molecular weight is 447 g/mol. The molecule has 0 saturated heterocycles. The molecule has 170 valence electrons. The zero-order valence-electron chi connectivity index (χ0n) is 18.6. The van der Waals surface area contributed by atoms with Crippen LogP contribution in [0.4, 0.5) is 0 Å². The Morgan fingerprint density at radius 1 is 1.03 bits per heavy atom. The first kappa shape index (κ1) is 22.2. The molecule has 0 saturated carbocycles. The second-order valence-electron chi connectivity index (χ2n) is 7.71. The minimum atomic E-state index is -0.451. The molecule has 1 atom stereocenters. The molecule has 2 amide bonds. The van der Waals surface area contributed by atoms with Crippen LogP contribution < -0.4 is 20.1 Å². The third-order valence-electron chi connectivity index (χ3n) is 5.64. The standard InChI is InChI=1S/C26H26N2O5/c1-31-23-13-12-18(15-24(23)32-2)25(29)28-22(16-19-9-6-14-33-19)26(30)27-21-11-5-8-17-7-3-4-10-20(17)21/h3-4,6-7,9-10,12-16,21H,5,8,11H2,1-2H3,(H,27,30)(H,28,29)/b22-16-. The maximum atomic E-state index is 13.3. The second-order valence-corrected chi connectivity index (χ2v) is 7.71. The van der Waals surface area contributed by atoms with Gasteiger partial charge in [-0.25, -0.2) is 0 Å². The lowest BCUT2D eigenvalue weighted by Crippen LogP contribution is -2.37. The van der Waals surface area contributed by atoms with Crippen LogP contribution in [-0.2, 0) is 11.2 Å². The van der Waals surface area contributed by atoms with Crippen LogP contribution in [0.1, 0.15) is 46.1 Å². The van der Waals surface area contributed by atoms with Crippen molar-refractivity contribution in [3.05, 3.63) is 89.0 Å². The van der Waals surface area contributed by atoms with Crippen LogP contribution in [0.3, 0.4) is 0 Å². The van der Waals surface area contributed by atoms with Crippen molar-refractivity contribution in [3.8, 4) is 11.5 Å². The van der Waals surface area contributed by atoms with E-state index in [2.05, 4.69) is 16.7 Å². The van der Waals surface area contributed by atoms with Crippen molar-refractivity contribution in [1.82, 2.24) is 10.6 Å². The highest BCUT2D eigenvalue weighted by atomic mass is 16.5. The Morgan fingerprint density at radius 3 is 2.61 bits per heavy atom. The fraction of sp³-hybridized carbons (Fsp3) is 0.231. The number of hydrogen-bond acceptors (Lipinski definition) is 5. The Morgan fingerprint density at radius 2 is 1.85 bits per heavy atom. The normalized spacial score (nSPS) is 15.3. The van der Waals surface area contributed by atoms with E-state index in [1.54, 1.807) is 30.3 Å². The lowest BCUT2D eigenvalue weighted by molar-refractivity contribution is -0.118. The van der Waals surface area contributed by atoms with Gasteiger partial charge in [0.05, 0.1) is 26.5 Å². The van der Waals surface area contributed by atoms with E-state index in [0.717, 1.165) is 24.8 Å². The second kappa shape index (κ2) is 10.1. The van der Waals surface area contributed by atoms with E-state index in [9.17, 15) is 9.59 Å². The number of amides is 2. The number of ether oxygens (including phenoxy) is 2. The summed E-state index contributed by atoms with van der Waals surface area (Å²) in [5.74, 6) is 0.547. The molecule has 0 spiro atoms. The van der Waals surface area contributed by atoms with Crippen molar-refractivity contribution in [2.24, 2.45) is 0 Å². The molecule has 1 aliphatic carbocycles. The summed E-state index contributed by atoms with van der Waals surface area (Å²) in [5, 5.41) is 5.80. The van der Waals surface area contributed by atoms with Crippen LogP contribution in [0.25, 0.3) is 6.08 Å². The van der Waals surface area contributed by atoms with Crippen LogP contribution in [0.5, 0.6) is 11.5 Å². The number of carbonyl (C=O) groups is 2. The molecule has 1 unspecified atom stereocenters. The van der Waals surface area contributed by atoms with E-state index < -0.39 is 5.91 Å². The first-order valence-electron chi connectivity index (χ1n) is 10.8. The number of carbonyl (C=O) groups excluding carboxylic acids is 2. The van der Waals surface area contributed by atoms with Crippen LogP contribution in [0, 0.1) is 0 Å². The predicted molar refractivity (Wildman–Crippen MR) is 124 cm³/mol. The van der Waals surface area contributed by atoms with Gasteiger partial charge in [-0.05, 0) is 60.7 Å². The van der Waals surface area contributed by atoms with Gasteiger partial charge in [0.1, 0.15) is 11.5 Å². The average Bonchev–Trinajstić information content (AvgIpc) is 3.36. The molecule has 0 aliphatic heterocycles. The van der Waals surface area contributed by atoms with Crippen LogP contribution in [0.15, 0.2) is 71.0 Å². The highest BCUT2D eigenvalue weighted by molar-refractivity contribution is 6.05. The van der Waals surface area contributed by atoms with E-state index >= 15 is 0 Å². The number of benzene rings is 2. The molecule has 7 heteroatoms. The van der Waals surface area contributed by atoms with Crippen LogP contribution >= 0.6 is 0 Å². The molecule has 0 fully saturated rings. The fourth-order valence-corrected chi connectivity index (χ4v) is 3.99. The first-order valence-corrected chi connectivity index (χ1v) is 10.8. The van der Waals surface area contributed by atoms with Gasteiger partial charge >= 0.3 is 0 Å². The largest absolute Gasteiger partial charge is 0.493 e. The summed E-state index contributed by atoms with van der Waals surface area (Å²) in [6, 6.07) is 16.2. The maximum absolute atomic E-state index is 13.3. The summed E-state index contributed by atoms with van der Waals surface area (Å²) in [5.41, 5.74) is 2.77. The molecule has 0 bridgehead atoms. The van der Waals surface area contributed by atoms with Crippen molar-refractivity contribution < 1.29 is 23.5 Å². The summed E-state index contributed by atoms with van der Waals surface area (Å²) < 4.78 is 15.9. The number of furan rings is 1. The van der Waals surface area contributed by atoms with Crippen molar-refractivity contribution >= 4 is 17.9 Å². The molecule has 4 rings (SSSR count). The number of rotatable bonds is 7. The molecule has 3 aromatic rings. The van der Waals surface area contributed by atoms with E-state index in [0.29, 0.717) is 22.8 Å². The molecule has 7 nitrogen and oxygen atoms in total. The highest BCUT2D eigenvalue weighted by Crippen LogP contribution is 2.30. The molecule has 2 N–H and O–H groups in total. The van der Waals surface area contributed by atoms with Crippen molar-refractivity contribution in [3.63, 3.8) is 0 Å².